The van der Waals surface area contributed by atoms with Crippen molar-refractivity contribution in [2.75, 3.05) is 24.6 Å². The van der Waals surface area contributed by atoms with Crippen molar-refractivity contribution in [3.05, 3.63) is 22.9 Å². The Morgan fingerprint density at radius 2 is 2.03 bits per heavy atom. The second-order valence-electron chi connectivity index (χ2n) is 9.89. The van der Waals surface area contributed by atoms with E-state index in [-0.39, 0.29) is 18.2 Å². The van der Waals surface area contributed by atoms with Gasteiger partial charge in [-0.2, -0.15) is 0 Å². The van der Waals surface area contributed by atoms with Gasteiger partial charge < -0.3 is 19.3 Å². The standard InChI is InChI=1S/C23H35N3O3/c1-6-20-18(14-28-13-16-7-8-16)9-17-10-19-12-25(22(27)29-23(3,4)5)11-15(2)26(19)21(17)24-20/h9,15-16,19H,6-8,10-14H2,1-5H3/t15-,19-/m1/s1. The first kappa shape index (κ1) is 20.5. The van der Waals surface area contributed by atoms with Crippen LogP contribution in [-0.2, 0) is 28.9 Å². The maximum atomic E-state index is 12.6. The van der Waals surface area contributed by atoms with Crippen LogP contribution in [-0.4, -0.2) is 53.4 Å². The van der Waals surface area contributed by atoms with Crippen molar-refractivity contribution < 1.29 is 14.3 Å². The molecule has 3 heterocycles. The summed E-state index contributed by atoms with van der Waals surface area (Å²) in [5.41, 5.74) is 3.18. The summed E-state index contributed by atoms with van der Waals surface area (Å²) < 4.78 is 11.6. The summed E-state index contributed by atoms with van der Waals surface area (Å²) in [7, 11) is 0. The Labute approximate surface area is 174 Å². The summed E-state index contributed by atoms with van der Waals surface area (Å²) in [4.78, 5) is 22.0. The number of piperazine rings is 1. The van der Waals surface area contributed by atoms with Gasteiger partial charge in [0.05, 0.1) is 12.6 Å². The maximum Gasteiger partial charge on any atom is 0.410 e. The third-order valence-electron chi connectivity index (χ3n) is 6.03. The molecule has 0 aromatic carbocycles. The molecule has 2 fully saturated rings. The van der Waals surface area contributed by atoms with Crippen LogP contribution in [0.2, 0.25) is 0 Å². The second kappa shape index (κ2) is 7.78. The van der Waals surface area contributed by atoms with Crippen molar-refractivity contribution in [1.82, 2.24) is 9.88 Å². The summed E-state index contributed by atoms with van der Waals surface area (Å²) in [5, 5.41) is 0. The Kier molecular flexibility index (Phi) is 5.49. The lowest BCUT2D eigenvalue weighted by Crippen LogP contribution is -2.58. The second-order valence-corrected chi connectivity index (χ2v) is 9.89. The summed E-state index contributed by atoms with van der Waals surface area (Å²) >= 11 is 0. The van der Waals surface area contributed by atoms with Crippen LogP contribution in [0.25, 0.3) is 0 Å². The SMILES string of the molecule is CCc1nc2c(cc1COCC1CC1)C[C@@H]1CN(C(=O)OC(C)(C)C)C[C@@H](C)N21. The first-order valence-corrected chi connectivity index (χ1v) is 11.1. The molecule has 1 aliphatic carbocycles. The number of rotatable bonds is 5. The molecular weight excluding hydrogens is 366 g/mol. The van der Waals surface area contributed by atoms with Crippen molar-refractivity contribution in [3.63, 3.8) is 0 Å². The number of anilines is 1. The van der Waals surface area contributed by atoms with E-state index in [1.54, 1.807) is 0 Å². The smallest absolute Gasteiger partial charge is 0.410 e. The van der Waals surface area contributed by atoms with E-state index in [2.05, 4.69) is 24.8 Å². The average Bonchev–Trinajstić information content (AvgIpc) is 3.38. The fourth-order valence-corrected chi connectivity index (χ4v) is 4.51. The molecule has 3 aliphatic rings. The van der Waals surface area contributed by atoms with Gasteiger partial charge in [0.1, 0.15) is 11.4 Å². The molecule has 2 atom stereocenters. The van der Waals surface area contributed by atoms with E-state index < -0.39 is 5.60 Å². The molecule has 160 valence electrons. The highest BCUT2D eigenvalue weighted by Crippen LogP contribution is 2.37. The van der Waals surface area contributed by atoms with Gasteiger partial charge in [0.25, 0.3) is 0 Å². The first-order chi connectivity index (χ1) is 13.7. The minimum absolute atomic E-state index is 0.212. The van der Waals surface area contributed by atoms with Crippen LogP contribution in [0.3, 0.4) is 0 Å². The first-order valence-electron chi connectivity index (χ1n) is 11.1. The van der Waals surface area contributed by atoms with Crippen molar-refractivity contribution in [2.24, 2.45) is 5.92 Å². The van der Waals surface area contributed by atoms with Crippen LogP contribution < -0.4 is 4.90 Å². The van der Waals surface area contributed by atoms with E-state index in [4.69, 9.17) is 14.5 Å². The number of ether oxygens (including phenoxy) is 2. The molecule has 0 N–H and O–H groups in total. The Balaban J connectivity index is 1.49. The zero-order valence-electron chi connectivity index (χ0n) is 18.5. The molecule has 4 rings (SSSR count). The third kappa shape index (κ3) is 4.52. The lowest BCUT2D eigenvalue weighted by molar-refractivity contribution is 0.0191. The molecule has 1 saturated heterocycles. The third-order valence-corrected chi connectivity index (χ3v) is 6.03. The fourth-order valence-electron chi connectivity index (χ4n) is 4.51. The summed E-state index contributed by atoms with van der Waals surface area (Å²) in [5.74, 6) is 1.88. The van der Waals surface area contributed by atoms with Gasteiger partial charge in [-0.15, -0.1) is 0 Å². The van der Waals surface area contributed by atoms with Gasteiger partial charge in [0.15, 0.2) is 0 Å². The molecule has 1 amide bonds. The molecule has 0 bridgehead atoms. The number of aromatic nitrogens is 1. The molecule has 1 aromatic rings. The van der Waals surface area contributed by atoms with Crippen LogP contribution in [0.4, 0.5) is 10.6 Å². The number of amides is 1. The number of carbonyl (C=O) groups excluding carboxylic acids is 1. The Morgan fingerprint density at radius 3 is 2.69 bits per heavy atom. The minimum Gasteiger partial charge on any atom is -0.444 e. The number of pyridine rings is 1. The van der Waals surface area contributed by atoms with E-state index in [0.717, 1.165) is 36.9 Å². The van der Waals surface area contributed by atoms with Crippen molar-refractivity contribution >= 4 is 11.9 Å². The highest BCUT2D eigenvalue weighted by atomic mass is 16.6. The van der Waals surface area contributed by atoms with E-state index in [1.807, 2.05) is 25.7 Å². The lowest BCUT2D eigenvalue weighted by Gasteiger charge is -2.43. The molecule has 1 aromatic heterocycles. The van der Waals surface area contributed by atoms with Crippen LogP contribution in [0.5, 0.6) is 0 Å². The predicted octanol–water partition coefficient (Wildman–Crippen LogP) is 3.94. The van der Waals surface area contributed by atoms with Crippen LogP contribution in [0, 0.1) is 5.92 Å². The molecule has 0 unspecified atom stereocenters. The number of nitrogens with zero attached hydrogens (tertiary/aromatic N) is 3. The number of hydrogen-bond acceptors (Lipinski definition) is 5. The van der Waals surface area contributed by atoms with Gasteiger partial charge in [-0.3, -0.25) is 0 Å². The van der Waals surface area contributed by atoms with Gasteiger partial charge >= 0.3 is 6.09 Å². The van der Waals surface area contributed by atoms with Crippen LogP contribution in [0.1, 0.15) is 64.3 Å². The van der Waals surface area contributed by atoms with Gasteiger partial charge in [0.2, 0.25) is 0 Å². The molecule has 0 spiro atoms. The van der Waals surface area contributed by atoms with Gasteiger partial charge in [0, 0.05) is 31.4 Å². The molecule has 6 nitrogen and oxygen atoms in total. The zero-order chi connectivity index (χ0) is 20.8. The normalized spacial score (nSPS) is 23.8. The quantitative estimate of drug-likeness (QED) is 0.748. The van der Waals surface area contributed by atoms with Crippen LogP contribution >= 0.6 is 0 Å². The van der Waals surface area contributed by atoms with Gasteiger partial charge in [-0.1, -0.05) is 6.92 Å². The van der Waals surface area contributed by atoms with Crippen LogP contribution in [0.15, 0.2) is 6.07 Å². The Hall–Kier alpha value is -1.82. The molecular formula is C23H35N3O3. The molecule has 2 aliphatic heterocycles. The molecule has 29 heavy (non-hydrogen) atoms. The largest absolute Gasteiger partial charge is 0.444 e. The molecule has 1 saturated carbocycles. The summed E-state index contributed by atoms with van der Waals surface area (Å²) in [6.45, 7) is 13.0. The van der Waals surface area contributed by atoms with Crippen molar-refractivity contribution in [3.8, 4) is 0 Å². The van der Waals surface area contributed by atoms with E-state index in [9.17, 15) is 4.79 Å². The monoisotopic (exact) mass is 401 g/mol. The van der Waals surface area contributed by atoms with Crippen molar-refractivity contribution in [2.45, 2.75) is 84.6 Å². The number of carbonyl (C=O) groups is 1. The summed E-state index contributed by atoms with van der Waals surface area (Å²) in [6.07, 6.45) is 4.24. The average molecular weight is 402 g/mol. The highest BCUT2D eigenvalue weighted by Gasteiger charge is 2.41. The van der Waals surface area contributed by atoms with Crippen molar-refractivity contribution in [1.29, 1.82) is 0 Å². The Bertz CT molecular complexity index is 769. The van der Waals surface area contributed by atoms with E-state index in [1.165, 1.54) is 24.0 Å². The summed E-state index contributed by atoms with van der Waals surface area (Å²) in [6, 6.07) is 2.79. The zero-order valence-corrected chi connectivity index (χ0v) is 18.5. The fraction of sp³-hybridized carbons (Fsp3) is 0.739. The van der Waals surface area contributed by atoms with Gasteiger partial charge in [-0.05, 0) is 76.5 Å². The maximum absolute atomic E-state index is 12.6. The topological polar surface area (TPSA) is 54.9 Å². The number of fused-ring (bicyclic) bond motifs is 3. The lowest BCUT2D eigenvalue weighted by atomic mass is 10.1. The van der Waals surface area contributed by atoms with Gasteiger partial charge in [-0.25, -0.2) is 9.78 Å². The highest BCUT2D eigenvalue weighted by molar-refractivity contribution is 5.69. The number of aryl methyl sites for hydroxylation is 1. The predicted molar refractivity (Wildman–Crippen MR) is 113 cm³/mol. The molecule has 0 radical (unpaired) electrons. The number of hydrogen-bond donors (Lipinski definition) is 0. The van der Waals surface area contributed by atoms with E-state index >= 15 is 0 Å². The van der Waals surface area contributed by atoms with E-state index in [0.29, 0.717) is 19.7 Å². The Morgan fingerprint density at radius 1 is 1.28 bits per heavy atom. The molecule has 6 heteroatoms. The minimum atomic E-state index is -0.469.